The van der Waals surface area contributed by atoms with E-state index in [2.05, 4.69) is 15.3 Å². The fraction of sp³-hybridized carbons (Fsp3) is 0.250. The summed E-state index contributed by atoms with van der Waals surface area (Å²) in [6.45, 7) is 1.48. The molecule has 0 bridgehead atoms. The summed E-state index contributed by atoms with van der Waals surface area (Å²) in [4.78, 5) is 29.5. The van der Waals surface area contributed by atoms with Gasteiger partial charge in [0.25, 0.3) is 5.91 Å². The lowest BCUT2D eigenvalue weighted by Crippen LogP contribution is -2.42. The number of halogens is 1. The van der Waals surface area contributed by atoms with E-state index in [4.69, 9.17) is 17.3 Å². The van der Waals surface area contributed by atoms with Gasteiger partial charge in [-0.1, -0.05) is 11.6 Å². The zero-order valence-corrected chi connectivity index (χ0v) is 8.65. The number of amides is 2. The number of hydrogen-bond acceptors (Lipinski definition) is 4. The first kappa shape index (κ1) is 11.4. The average Bonchev–Trinajstić information content (AvgIpc) is 2.18. The first-order valence-electron chi connectivity index (χ1n) is 4.08. The SMILES string of the molecule is C[C@@H](NC(=O)c1cnc(Cl)cn1)C(N)=O. The molecule has 0 spiro atoms. The van der Waals surface area contributed by atoms with E-state index in [9.17, 15) is 9.59 Å². The topological polar surface area (TPSA) is 98.0 Å². The van der Waals surface area contributed by atoms with Gasteiger partial charge in [-0.3, -0.25) is 9.59 Å². The minimum atomic E-state index is -0.755. The molecule has 0 aliphatic rings. The van der Waals surface area contributed by atoms with E-state index in [0.29, 0.717) is 0 Å². The maximum Gasteiger partial charge on any atom is 0.272 e. The smallest absolute Gasteiger partial charge is 0.272 e. The van der Waals surface area contributed by atoms with Crippen molar-refractivity contribution in [2.24, 2.45) is 5.73 Å². The molecule has 0 unspecified atom stereocenters. The predicted octanol–water partition coefficient (Wildman–Crippen LogP) is -0.266. The molecule has 1 rings (SSSR count). The molecule has 1 atom stereocenters. The molecule has 15 heavy (non-hydrogen) atoms. The molecule has 0 radical (unpaired) electrons. The Kier molecular flexibility index (Phi) is 3.56. The van der Waals surface area contributed by atoms with E-state index in [1.54, 1.807) is 0 Å². The third-order valence-electron chi connectivity index (χ3n) is 1.63. The minimum Gasteiger partial charge on any atom is -0.368 e. The summed E-state index contributed by atoms with van der Waals surface area (Å²) in [6, 6.07) is -0.755. The van der Waals surface area contributed by atoms with Gasteiger partial charge in [-0.15, -0.1) is 0 Å². The Morgan fingerprint density at radius 1 is 1.47 bits per heavy atom. The van der Waals surface area contributed by atoms with Gasteiger partial charge in [-0.25, -0.2) is 9.97 Å². The molecule has 80 valence electrons. The van der Waals surface area contributed by atoms with Crippen LogP contribution >= 0.6 is 11.6 Å². The van der Waals surface area contributed by atoms with Gasteiger partial charge in [0.15, 0.2) is 0 Å². The Morgan fingerprint density at radius 3 is 2.60 bits per heavy atom. The Morgan fingerprint density at radius 2 is 2.13 bits per heavy atom. The van der Waals surface area contributed by atoms with Crippen molar-refractivity contribution in [1.82, 2.24) is 15.3 Å². The van der Waals surface area contributed by atoms with Crippen molar-refractivity contribution in [3.05, 3.63) is 23.2 Å². The molecule has 3 N–H and O–H groups in total. The highest BCUT2D eigenvalue weighted by Gasteiger charge is 2.14. The zero-order chi connectivity index (χ0) is 11.4. The van der Waals surface area contributed by atoms with Crippen molar-refractivity contribution in [3.63, 3.8) is 0 Å². The third kappa shape index (κ3) is 3.17. The van der Waals surface area contributed by atoms with Crippen molar-refractivity contribution in [3.8, 4) is 0 Å². The summed E-state index contributed by atoms with van der Waals surface area (Å²) in [5, 5.41) is 2.55. The van der Waals surface area contributed by atoms with Crippen LogP contribution in [0.3, 0.4) is 0 Å². The summed E-state index contributed by atoms with van der Waals surface area (Å²) < 4.78 is 0. The van der Waals surface area contributed by atoms with Crippen LogP contribution < -0.4 is 11.1 Å². The van der Waals surface area contributed by atoms with Gasteiger partial charge in [-0.05, 0) is 6.92 Å². The Labute approximate surface area is 90.8 Å². The molecule has 0 aliphatic heterocycles. The van der Waals surface area contributed by atoms with Crippen LogP contribution in [-0.4, -0.2) is 27.8 Å². The van der Waals surface area contributed by atoms with Crippen molar-refractivity contribution in [2.45, 2.75) is 13.0 Å². The van der Waals surface area contributed by atoms with Crippen LogP contribution in [0.2, 0.25) is 5.15 Å². The van der Waals surface area contributed by atoms with E-state index in [1.807, 2.05) is 0 Å². The number of nitrogens with two attached hydrogens (primary N) is 1. The van der Waals surface area contributed by atoms with E-state index >= 15 is 0 Å². The van der Waals surface area contributed by atoms with Crippen LogP contribution in [0.1, 0.15) is 17.4 Å². The first-order valence-corrected chi connectivity index (χ1v) is 4.46. The average molecular weight is 229 g/mol. The number of nitrogens with zero attached hydrogens (tertiary/aromatic N) is 2. The number of hydrogen-bond donors (Lipinski definition) is 2. The Bertz CT molecular complexity index is 379. The summed E-state index contributed by atoms with van der Waals surface area (Å²) in [7, 11) is 0. The van der Waals surface area contributed by atoms with Crippen LogP contribution in [0.5, 0.6) is 0 Å². The molecule has 0 fully saturated rings. The van der Waals surface area contributed by atoms with Crippen LogP contribution in [0, 0.1) is 0 Å². The Hall–Kier alpha value is -1.69. The van der Waals surface area contributed by atoms with Gasteiger partial charge in [0.2, 0.25) is 5.91 Å². The molecule has 0 saturated heterocycles. The van der Waals surface area contributed by atoms with Gasteiger partial charge in [-0.2, -0.15) is 0 Å². The highest BCUT2D eigenvalue weighted by molar-refractivity contribution is 6.29. The van der Waals surface area contributed by atoms with Gasteiger partial charge in [0.1, 0.15) is 16.9 Å². The van der Waals surface area contributed by atoms with Crippen LogP contribution in [0.15, 0.2) is 12.4 Å². The van der Waals surface area contributed by atoms with E-state index in [-0.39, 0.29) is 10.8 Å². The Balaban J connectivity index is 2.69. The molecular formula is C8H9ClN4O2. The van der Waals surface area contributed by atoms with Crippen molar-refractivity contribution in [1.29, 1.82) is 0 Å². The highest BCUT2D eigenvalue weighted by Crippen LogP contribution is 2.01. The summed E-state index contributed by atoms with van der Waals surface area (Å²) in [6.07, 6.45) is 2.46. The molecule has 0 aliphatic carbocycles. The van der Waals surface area contributed by atoms with Gasteiger partial charge < -0.3 is 11.1 Å². The molecule has 6 nitrogen and oxygen atoms in total. The fourth-order valence-electron chi connectivity index (χ4n) is 0.771. The van der Waals surface area contributed by atoms with Crippen LogP contribution in [0.25, 0.3) is 0 Å². The lowest BCUT2D eigenvalue weighted by Gasteiger charge is -2.08. The second-order valence-electron chi connectivity index (χ2n) is 2.82. The quantitative estimate of drug-likeness (QED) is 0.744. The third-order valence-corrected chi connectivity index (χ3v) is 1.82. The van der Waals surface area contributed by atoms with Gasteiger partial charge in [0.05, 0.1) is 12.4 Å². The molecule has 7 heteroatoms. The number of primary amides is 1. The molecule has 2 amide bonds. The lowest BCUT2D eigenvalue weighted by molar-refractivity contribution is -0.119. The number of nitrogens with one attached hydrogen (secondary N) is 1. The van der Waals surface area contributed by atoms with Crippen LogP contribution in [0.4, 0.5) is 0 Å². The molecule has 0 saturated carbocycles. The maximum atomic E-state index is 11.4. The van der Waals surface area contributed by atoms with E-state index < -0.39 is 17.9 Å². The highest BCUT2D eigenvalue weighted by atomic mass is 35.5. The molecule has 1 aromatic rings. The van der Waals surface area contributed by atoms with Crippen molar-refractivity contribution < 1.29 is 9.59 Å². The number of rotatable bonds is 3. The minimum absolute atomic E-state index is 0.0764. The molecule has 0 aromatic carbocycles. The largest absolute Gasteiger partial charge is 0.368 e. The molecule has 1 aromatic heterocycles. The normalized spacial score (nSPS) is 11.9. The lowest BCUT2D eigenvalue weighted by atomic mass is 10.3. The maximum absolute atomic E-state index is 11.4. The number of aromatic nitrogens is 2. The zero-order valence-electron chi connectivity index (χ0n) is 7.90. The van der Waals surface area contributed by atoms with Crippen molar-refractivity contribution >= 4 is 23.4 Å². The number of carbonyl (C=O) groups is 2. The van der Waals surface area contributed by atoms with Crippen LogP contribution in [-0.2, 0) is 4.79 Å². The second-order valence-corrected chi connectivity index (χ2v) is 3.21. The van der Waals surface area contributed by atoms with E-state index in [1.165, 1.54) is 19.3 Å². The first-order chi connectivity index (χ1) is 7.00. The summed E-state index contributed by atoms with van der Waals surface area (Å²) in [5.41, 5.74) is 5.05. The van der Waals surface area contributed by atoms with E-state index in [0.717, 1.165) is 0 Å². The predicted molar refractivity (Wildman–Crippen MR) is 53.2 cm³/mol. The molecular weight excluding hydrogens is 220 g/mol. The molecule has 1 heterocycles. The second kappa shape index (κ2) is 4.70. The standard InChI is InChI=1S/C8H9ClN4O2/c1-4(7(10)14)13-8(15)5-2-12-6(9)3-11-5/h2-4H,1H3,(H2,10,14)(H,13,15)/t4-/m1/s1. The summed E-state index contributed by atoms with van der Waals surface area (Å²) in [5.74, 6) is -1.14. The monoisotopic (exact) mass is 228 g/mol. The summed E-state index contributed by atoms with van der Waals surface area (Å²) >= 11 is 5.49. The van der Waals surface area contributed by atoms with Gasteiger partial charge in [0, 0.05) is 0 Å². The number of carbonyl (C=O) groups excluding carboxylic acids is 2. The van der Waals surface area contributed by atoms with Gasteiger partial charge >= 0.3 is 0 Å². The fourth-order valence-corrected chi connectivity index (χ4v) is 0.869. The van der Waals surface area contributed by atoms with Crippen molar-refractivity contribution in [2.75, 3.05) is 0 Å².